The maximum Gasteiger partial charge on any atom is 0.250 e. The van der Waals surface area contributed by atoms with Crippen molar-refractivity contribution in [3.8, 4) is 0 Å². The monoisotopic (exact) mass is 405 g/mol. The zero-order chi connectivity index (χ0) is 20.5. The SMILES string of the molecule is CC[C@H](C)N1C(=O)[C@@H]2[C@@H]([C@@H](C)O)N[C@]3(C(=O)Nc4c3ccc(Cl)c4C)[C@@H]2C1=O. The average molecular weight is 406 g/mol. The maximum atomic E-state index is 13.4. The van der Waals surface area contributed by atoms with Gasteiger partial charge in [0.25, 0.3) is 0 Å². The molecule has 0 unspecified atom stereocenters. The molecule has 3 amide bonds. The standard InChI is InChI=1S/C20H24ClN3O4/c1-5-8(2)24-17(26)13-14(18(24)27)20(23-16(13)10(4)25)11-6-7-12(21)9(3)15(11)22-19(20)28/h6-8,10,13-14,16,23,25H,5H2,1-4H3,(H,22,28)/t8-,10+,13-,14-,16+,20-/m0/s1. The fourth-order valence-corrected chi connectivity index (χ4v) is 5.13. The fraction of sp³-hybridized carbons (Fsp3) is 0.550. The van der Waals surface area contributed by atoms with Crippen molar-refractivity contribution < 1.29 is 19.5 Å². The third kappa shape index (κ3) is 2.21. The summed E-state index contributed by atoms with van der Waals surface area (Å²) in [6.45, 7) is 7.09. The number of aliphatic hydroxyl groups excluding tert-OH is 1. The molecule has 3 N–H and O–H groups in total. The molecular formula is C20H24ClN3O4. The summed E-state index contributed by atoms with van der Waals surface area (Å²) in [6, 6.07) is 2.44. The summed E-state index contributed by atoms with van der Waals surface area (Å²) in [5, 5.41) is 16.9. The lowest BCUT2D eigenvalue weighted by Crippen LogP contribution is -2.55. The smallest absolute Gasteiger partial charge is 0.250 e. The van der Waals surface area contributed by atoms with Crippen LogP contribution in [0.3, 0.4) is 0 Å². The molecular weight excluding hydrogens is 382 g/mol. The van der Waals surface area contributed by atoms with Crippen molar-refractivity contribution in [3.63, 3.8) is 0 Å². The van der Waals surface area contributed by atoms with Gasteiger partial charge in [-0.1, -0.05) is 24.6 Å². The number of fused-ring (bicyclic) bond motifs is 4. The average Bonchev–Trinajstić information content (AvgIpc) is 3.24. The highest BCUT2D eigenvalue weighted by Crippen LogP contribution is 2.54. The summed E-state index contributed by atoms with van der Waals surface area (Å²) in [7, 11) is 0. The van der Waals surface area contributed by atoms with E-state index in [-0.39, 0.29) is 17.9 Å². The van der Waals surface area contributed by atoms with Crippen molar-refractivity contribution in [2.45, 2.75) is 57.8 Å². The van der Waals surface area contributed by atoms with E-state index in [4.69, 9.17) is 11.6 Å². The van der Waals surface area contributed by atoms with Crippen LogP contribution in [0.4, 0.5) is 5.69 Å². The number of aliphatic hydroxyl groups is 1. The molecule has 1 aromatic rings. The first-order valence-corrected chi connectivity index (χ1v) is 9.98. The van der Waals surface area contributed by atoms with Gasteiger partial charge in [0.15, 0.2) is 0 Å². The Labute approximate surface area is 168 Å². The first-order valence-electron chi connectivity index (χ1n) is 9.60. The number of amides is 3. The van der Waals surface area contributed by atoms with Crippen LogP contribution in [0.1, 0.15) is 38.3 Å². The highest BCUT2D eigenvalue weighted by molar-refractivity contribution is 6.32. The Hall–Kier alpha value is -1.96. The molecule has 0 radical (unpaired) electrons. The quantitative estimate of drug-likeness (QED) is 0.663. The summed E-state index contributed by atoms with van der Waals surface area (Å²) in [4.78, 5) is 41.1. The van der Waals surface area contributed by atoms with E-state index in [0.29, 0.717) is 28.3 Å². The molecule has 150 valence electrons. The predicted octanol–water partition coefficient (Wildman–Crippen LogP) is 1.55. The fourth-order valence-electron chi connectivity index (χ4n) is 4.97. The van der Waals surface area contributed by atoms with Gasteiger partial charge in [-0.2, -0.15) is 0 Å². The van der Waals surface area contributed by atoms with Gasteiger partial charge < -0.3 is 10.4 Å². The van der Waals surface area contributed by atoms with E-state index in [1.54, 1.807) is 26.0 Å². The van der Waals surface area contributed by atoms with Gasteiger partial charge in [-0.15, -0.1) is 0 Å². The zero-order valence-electron chi connectivity index (χ0n) is 16.2. The van der Waals surface area contributed by atoms with Gasteiger partial charge in [-0.25, -0.2) is 0 Å². The molecule has 0 aliphatic carbocycles. The minimum absolute atomic E-state index is 0.270. The second-order valence-electron chi connectivity index (χ2n) is 8.08. The van der Waals surface area contributed by atoms with Crippen molar-refractivity contribution >= 4 is 35.0 Å². The first kappa shape index (κ1) is 19.4. The molecule has 8 heteroatoms. The first-order chi connectivity index (χ1) is 13.2. The number of benzene rings is 1. The van der Waals surface area contributed by atoms with Gasteiger partial charge in [0.05, 0.1) is 23.6 Å². The van der Waals surface area contributed by atoms with Crippen molar-refractivity contribution in [2.24, 2.45) is 11.8 Å². The van der Waals surface area contributed by atoms with Crippen molar-refractivity contribution in [1.82, 2.24) is 10.2 Å². The van der Waals surface area contributed by atoms with Gasteiger partial charge in [0, 0.05) is 22.7 Å². The van der Waals surface area contributed by atoms with Gasteiger partial charge in [0.1, 0.15) is 5.54 Å². The Balaban J connectivity index is 1.93. The topological polar surface area (TPSA) is 98.7 Å². The second kappa shape index (κ2) is 6.27. The number of likely N-dealkylation sites (tertiary alicyclic amines) is 1. The summed E-state index contributed by atoms with van der Waals surface area (Å²) < 4.78 is 0. The molecule has 4 rings (SSSR count). The van der Waals surface area contributed by atoms with Gasteiger partial charge in [-0.05, 0) is 38.8 Å². The molecule has 2 fully saturated rings. The molecule has 1 aromatic carbocycles. The van der Waals surface area contributed by atoms with Crippen molar-refractivity contribution in [2.75, 3.05) is 5.32 Å². The lowest BCUT2D eigenvalue weighted by Gasteiger charge is -2.31. The third-order valence-corrected chi connectivity index (χ3v) is 7.01. The molecule has 2 saturated heterocycles. The minimum Gasteiger partial charge on any atom is -0.392 e. The number of imide groups is 1. The number of carbonyl (C=O) groups is 3. The normalized spacial score (nSPS) is 33.3. The number of nitrogens with one attached hydrogen (secondary N) is 2. The Morgan fingerprint density at radius 3 is 2.54 bits per heavy atom. The maximum absolute atomic E-state index is 13.4. The molecule has 3 heterocycles. The Bertz CT molecular complexity index is 902. The zero-order valence-corrected chi connectivity index (χ0v) is 17.0. The van der Waals surface area contributed by atoms with Crippen molar-refractivity contribution in [3.05, 3.63) is 28.3 Å². The lowest BCUT2D eigenvalue weighted by molar-refractivity contribution is -0.145. The number of hydrogen-bond donors (Lipinski definition) is 3. The largest absolute Gasteiger partial charge is 0.392 e. The molecule has 3 aliphatic rings. The number of nitrogens with zero attached hydrogens (tertiary/aromatic N) is 1. The van der Waals surface area contributed by atoms with Crippen LogP contribution in [0.2, 0.25) is 5.02 Å². The Kier molecular flexibility index (Phi) is 4.34. The highest BCUT2D eigenvalue weighted by Gasteiger charge is 2.71. The van der Waals surface area contributed by atoms with E-state index in [9.17, 15) is 19.5 Å². The highest BCUT2D eigenvalue weighted by atomic mass is 35.5. The third-order valence-electron chi connectivity index (χ3n) is 6.60. The van der Waals surface area contributed by atoms with Crippen LogP contribution >= 0.6 is 11.6 Å². The van der Waals surface area contributed by atoms with Crippen LogP contribution < -0.4 is 10.6 Å². The number of carbonyl (C=O) groups excluding carboxylic acids is 3. The van der Waals surface area contributed by atoms with Gasteiger partial charge in [0.2, 0.25) is 17.7 Å². The Morgan fingerprint density at radius 2 is 1.93 bits per heavy atom. The Morgan fingerprint density at radius 1 is 1.25 bits per heavy atom. The van der Waals surface area contributed by atoms with E-state index in [0.717, 1.165) is 0 Å². The van der Waals surface area contributed by atoms with Crippen LogP contribution in [0.25, 0.3) is 0 Å². The van der Waals surface area contributed by atoms with E-state index >= 15 is 0 Å². The summed E-state index contributed by atoms with van der Waals surface area (Å²) in [6.07, 6.45) is -0.292. The molecule has 7 nitrogen and oxygen atoms in total. The summed E-state index contributed by atoms with van der Waals surface area (Å²) in [5.74, 6) is -2.79. The van der Waals surface area contributed by atoms with Crippen LogP contribution in [-0.4, -0.2) is 45.9 Å². The lowest BCUT2D eigenvalue weighted by atomic mass is 9.76. The van der Waals surface area contributed by atoms with E-state index < -0.39 is 35.4 Å². The molecule has 3 aliphatic heterocycles. The molecule has 0 aromatic heterocycles. The minimum atomic E-state index is -1.40. The van der Waals surface area contributed by atoms with Crippen LogP contribution in [0.15, 0.2) is 12.1 Å². The summed E-state index contributed by atoms with van der Waals surface area (Å²) in [5.41, 5.74) is 0.479. The van der Waals surface area contributed by atoms with E-state index in [1.165, 1.54) is 4.90 Å². The van der Waals surface area contributed by atoms with E-state index in [2.05, 4.69) is 10.6 Å². The predicted molar refractivity (Wildman–Crippen MR) is 104 cm³/mol. The number of hydrogen-bond acceptors (Lipinski definition) is 5. The number of halogens is 1. The molecule has 0 saturated carbocycles. The number of anilines is 1. The van der Waals surface area contributed by atoms with Gasteiger partial charge in [-0.3, -0.25) is 24.6 Å². The second-order valence-corrected chi connectivity index (χ2v) is 8.48. The molecule has 28 heavy (non-hydrogen) atoms. The van der Waals surface area contributed by atoms with Crippen LogP contribution in [0.5, 0.6) is 0 Å². The molecule has 1 spiro atoms. The van der Waals surface area contributed by atoms with E-state index in [1.807, 2.05) is 13.8 Å². The van der Waals surface area contributed by atoms with Crippen LogP contribution in [0, 0.1) is 18.8 Å². The number of rotatable bonds is 3. The summed E-state index contributed by atoms with van der Waals surface area (Å²) >= 11 is 6.22. The molecule has 0 bridgehead atoms. The van der Waals surface area contributed by atoms with Crippen molar-refractivity contribution in [1.29, 1.82) is 0 Å². The van der Waals surface area contributed by atoms with Gasteiger partial charge >= 0.3 is 0 Å². The van der Waals surface area contributed by atoms with Crippen LogP contribution in [-0.2, 0) is 19.9 Å². The molecule has 6 atom stereocenters.